The van der Waals surface area contributed by atoms with E-state index in [2.05, 4.69) is 26.3 Å². The first-order valence-electron chi connectivity index (χ1n) is 6.36. The van der Waals surface area contributed by atoms with E-state index in [0.717, 1.165) is 27.8 Å². The maximum absolute atomic E-state index is 11.9. The minimum absolute atomic E-state index is 0.168. The van der Waals surface area contributed by atoms with Crippen molar-refractivity contribution < 1.29 is 4.79 Å². The molecule has 104 valence electrons. The van der Waals surface area contributed by atoms with E-state index >= 15 is 0 Å². The number of aromatic nitrogens is 2. The molecule has 20 heavy (non-hydrogen) atoms. The zero-order valence-corrected chi connectivity index (χ0v) is 13.0. The van der Waals surface area contributed by atoms with E-state index in [-0.39, 0.29) is 5.91 Å². The summed E-state index contributed by atoms with van der Waals surface area (Å²) in [5.74, 6) is -0.168. The number of hydrogen-bond acceptors (Lipinski definition) is 2. The van der Waals surface area contributed by atoms with Crippen LogP contribution < -0.4 is 5.32 Å². The highest BCUT2D eigenvalue weighted by Crippen LogP contribution is 2.23. The average Bonchev–Trinajstić information content (AvgIpc) is 2.88. The second-order valence-electron chi connectivity index (χ2n) is 4.44. The molecule has 5 heteroatoms. The number of benzene rings is 1. The topological polar surface area (TPSA) is 46.9 Å². The molecule has 1 N–H and O–H groups in total. The molecule has 0 saturated heterocycles. The van der Waals surface area contributed by atoms with E-state index in [1.807, 2.05) is 42.9 Å². The van der Waals surface area contributed by atoms with Gasteiger partial charge in [0, 0.05) is 28.9 Å². The third-order valence-electron chi connectivity index (χ3n) is 2.79. The van der Waals surface area contributed by atoms with Gasteiger partial charge in [0.1, 0.15) is 0 Å². The highest BCUT2D eigenvalue weighted by atomic mass is 79.9. The Kier molecular flexibility index (Phi) is 4.74. The molecule has 1 amide bonds. The summed E-state index contributed by atoms with van der Waals surface area (Å²) in [5, 5.41) is 6.98. The number of amides is 1. The Balaban J connectivity index is 2.01. The number of halogens is 1. The fraction of sp³-hybridized carbons (Fsp3) is 0.200. The van der Waals surface area contributed by atoms with Crippen molar-refractivity contribution in [3.8, 4) is 0 Å². The Morgan fingerprint density at radius 3 is 2.95 bits per heavy atom. The molecular weight excluding hydrogens is 318 g/mol. The first-order valence-corrected chi connectivity index (χ1v) is 7.15. The summed E-state index contributed by atoms with van der Waals surface area (Å²) in [4.78, 5) is 11.9. The van der Waals surface area contributed by atoms with Gasteiger partial charge in [0.25, 0.3) is 0 Å². The number of carbonyl (C=O) groups is 1. The van der Waals surface area contributed by atoms with Crippen LogP contribution in [0.15, 0.2) is 41.1 Å². The van der Waals surface area contributed by atoms with Crippen LogP contribution in [0.2, 0.25) is 0 Å². The Labute approximate surface area is 126 Å². The predicted octanol–water partition coefficient (Wildman–Crippen LogP) is 3.63. The molecule has 0 unspecified atom stereocenters. The van der Waals surface area contributed by atoms with Crippen LogP contribution in [0.5, 0.6) is 0 Å². The third kappa shape index (κ3) is 3.81. The molecule has 0 bridgehead atoms. The summed E-state index contributed by atoms with van der Waals surface area (Å²) in [6, 6.07) is 5.79. The number of hydrogen-bond donors (Lipinski definition) is 1. The Morgan fingerprint density at radius 1 is 1.50 bits per heavy atom. The highest BCUT2D eigenvalue weighted by molar-refractivity contribution is 9.10. The first-order chi connectivity index (χ1) is 9.58. The van der Waals surface area contributed by atoms with Crippen LogP contribution in [0.4, 0.5) is 5.69 Å². The van der Waals surface area contributed by atoms with Crippen LogP contribution in [-0.2, 0) is 11.3 Å². The minimum Gasteiger partial charge on any atom is -0.321 e. The standard InChI is InChI=1S/C15H16BrN3O/c1-3-19-10-12(9-17-19)5-7-15(20)18-14-6-4-11(2)8-13(14)16/h4-10H,3H2,1-2H3,(H,18,20)/b7-5-. The van der Waals surface area contributed by atoms with Gasteiger partial charge in [-0.15, -0.1) is 0 Å². The minimum atomic E-state index is -0.168. The van der Waals surface area contributed by atoms with Crippen molar-refractivity contribution in [2.24, 2.45) is 0 Å². The summed E-state index contributed by atoms with van der Waals surface area (Å²) >= 11 is 3.43. The number of rotatable bonds is 4. The Hall–Kier alpha value is -1.88. The van der Waals surface area contributed by atoms with Gasteiger partial charge in [-0.05, 0) is 53.5 Å². The maximum atomic E-state index is 11.9. The van der Waals surface area contributed by atoms with E-state index in [0.29, 0.717) is 0 Å². The lowest BCUT2D eigenvalue weighted by atomic mass is 10.2. The van der Waals surface area contributed by atoms with E-state index in [1.165, 1.54) is 6.08 Å². The molecular formula is C15H16BrN3O. The summed E-state index contributed by atoms with van der Waals surface area (Å²) in [7, 11) is 0. The highest BCUT2D eigenvalue weighted by Gasteiger charge is 2.03. The van der Waals surface area contributed by atoms with Crippen molar-refractivity contribution in [2.75, 3.05) is 5.32 Å². The van der Waals surface area contributed by atoms with Gasteiger partial charge in [-0.3, -0.25) is 9.48 Å². The molecule has 0 aliphatic rings. The maximum Gasteiger partial charge on any atom is 0.248 e. The van der Waals surface area contributed by atoms with E-state index in [4.69, 9.17) is 0 Å². The van der Waals surface area contributed by atoms with Crippen molar-refractivity contribution in [1.82, 2.24) is 9.78 Å². The molecule has 0 radical (unpaired) electrons. The number of nitrogens with one attached hydrogen (secondary N) is 1. The van der Waals surface area contributed by atoms with E-state index in [9.17, 15) is 4.79 Å². The summed E-state index contributed by atoms with van der Waals surface area (Å²) in [5.41, 5.74) is 2.80. The molecule has 0 saturated carbocycles. The molecule has 0 fully saturated rings. The normalized spacial score (nSPS) is 10.9. The summed E-state index contributed by atoms with van der Waals surface area (Å²) in [6.45, 7) is 4.83. The fourth-order valence-corrected chi connectivity index (χ4v) is 2.30. The average molecular weight is 334 g/mol. The SMILES string of the molecule is CCn1cc(/C=C\C(=O)Nc2ccc(C)cc2Br)cn1. The molecule has 1 heterocycles. The van der Waals surface area contributed by atoms with Crippen molar-refractivity contribution in [3.63, 3.8) is 0 Å². The van der Waals surface area contributed by atoms with E-state index in [1.54, 1.807) is 12.3 Å². The van der Waals surface area contributed by atoms with Crippen molar-refractivity contribution in [2.45, 2.75) is 20.4 Å². The van der Waals surface area contributed by atoms with Crippen LogP contribution in [-0.4, -0.2) is 15.7 Å². The molecule has 1 aromatic carbocycles. The number of carbonyl (C=O) groups excluding carboxylic acids is 1. The second-order valence-corrected chi connectivity index (χ2v) is 5.29. The van der Waals surface area contributed by atoms with Gasteiger partial charge in [-0.2, -0.15) is 5.10 Å². The second kappa shape index (κ2) is 6.52. The molecule has 4 nitrogen and oxygen atoms in total. The van der Waals surface area contributed by atoms with Crippen LogP contribution in [0.3, 0.4) is 0 Å². The molecule has 0 aliphatic carbocycles. The number of anilines is 1. The van der Waals surface area contributed by atoms with Gasteiger partial charge in [0.15, 0.2) is 0 Å². The Bertz CT molecular complexity index is 646. The smallest absolute Gasteiger partial charge is 0.248 e. The lowest BCUT2D eigenvalue weighted by Crippen LogP contribution is -2.08. The van der Waals surface area contributed by atoms with Crippen LogP contribution >= 0.6 is 15.9 Å². The van der Waals surface area contributed by atoms with Gasteiger partial charge in [0.2, 0.25) is 5.91 Å². The van der Waals surface area contributed by atoms with Gasteiger partial charge >= 0.3 is 0 Å². The lowest BCUT2D eigenvalue weighted by molar-refractivity contribution is -0.111. The summed E-state index contributed by atoms with van der Waals surface area (Å²) in [6.07, 6.45) is 6.88. The molecule has 2 rings (SSSR count). The van der Waals surface area contributed by atoms with Crippen molar-refractivity contribution in [1.29, 1.82) is 0 Å². The largest absolute Gasteiger partial charge is 0.321 e. The Morgan fingerprint density at radius 2 is 2.30 bits per heavy atom. The van der Waals surface area contributed by atoms with Gasteiger partial charge in [-0.1, -0.05) is 6.07 Å². The predicted molar refractivity (Wildman–Crippen MR) is 84.4 cm³/mol. The molecule has 0 spiro atoms. The molecule has 0 atom stereocenters. The quantitative estimate of drug-likeness (QED) is 0.868. The van der Waals surface area contributed by atoms with Crippen molar-refractivity contribution in [3.05, 3.63) is 52.3 Å². The van der Waals surface area contributed by atoms with Gasteiger partial charge in [0.05, 0.1) is 11.9 Å². The zero-order chi connectivity index (χ0) is 14.5. The fourth-order valence-electron chi connectivity index (χ4n) is 1.71. The van der Waals surface area contributed by atoms with Gasteiger partial charge in [-0.25, -0.2) is 0 Å². The molecule has 2 aromatic rings. The lowest BCUT2D eigenvalue weighted by Gasteiger charge is -2.05. The monoisotopic (exact) mass is 333 g/mol. The third-order valence-corrected chi connectivity index (χ3v) is 3.44. The molecule has 1 aromatic heterocycles. The number of aryl methyl sites for hydroxylation is 2. The van der Waals surface area contributed by atoms with E-state index < -0.39 is 0 Å². The van der Waals surface area contributed by atoms with Crippen LogP contribution in [0.25, 0.3) is 6.08 Å². The number of nitrogens with zero attached hydrogens (tertiary/aromatic N) is 2. The van der Waals surface area contributed by atoms with Crippen LogP contribution in [0, 0.1) is 6.92 Å². The summed E-state index contributed by atoms with van der Waals surface area (Å²) < 4.78 is 2.69. The zero-order valence-electron chi connectivity index (χ0n) is 11.4. The molecule has 0 aliphatic heterocycles. The van der Waals surface area contributed by atoms with Crippen molar-refractivity contribution >= 4 is 33.6 Å². The first kappa shape index (κ1) is 14.5. The van der Waals surface area contributed by atoms with Crippen LogP contribution in [0.1, 0.15) is 18.1 Å². The van der Waals surface area contributed by atoms with Gasteiger partial charge < -0.3 is 5.32 Å².